The minimum absolute atomic E-state index is 0.275. The van der Waals surface area contributed by atoms with Gasteiger partial charge >= 0.3 is 5.97 Å². The number of carbonyl (C=O) groups excluding carboxylic acids is 1. The zero-order valence-corrected chi connectivity index (χ0v) is 20.8. The Hall–Kier alpha value is -3.43. The Morgan fingerprint density at radius 3 is 2.60 bits per heavy atom. The van der Waals surface area contributed by atoms with Crippen LogP contribution in [0.4, 0.5) is 0 Å². The van der Waals surface area contributed by atoms with Crippen molar-refractivity contribution in [3.05, 3.63) is 118 Å². The summed E-state index contributed by atoms with van der Waals surface area (Å²) in [6.07, 6.45) is 2.17. The van der Waals surface area contributed by atoms with Gasteiger partial charge in [-0.3, -0.25) is 0 Å². The summed E-state index contributed by atoms with van der Waals surface area (Å²) >= 11 is 0. The molecule has 0 aliphatic heterocycles. The molecule has 5 rings (SSSR count). The molecule has 3 atom stereocenters. The maximum Gasteiger partial charge on any atom is 0.338 e. The minimum atomic E-state index is -0.275. The maximum absolute atomic E-state index is 12.1. The summed E-state index contributed by atoms with van der Waals surface area (Å²) < 4.78 is 4.95. The molecule has 0 radical (unpaired) electrons. The Bertz CT molecular complexity index is 1350. The molecule has 0 saturated carbocycles. The van der Waals surface area contributed by atoms with Gasteiger partial charge < -0.3 is 10.1 Å². The van der Waals surface area contributed by atoms with E-state index in [0.29, 0.717) is 17.4 Å². The SMILES string of the molecule is COC(=O)c1ccc(C2CC(CN[C@H](C)c3cccc4ccccc34)Cc3ccccc32)cc1C. The Labute approximate surface area is 208 Å². The third-order valence-electron chi connectivity index (χ3n) is 7.57. The van der Waals surface area contributed by atoms with Gasteiger partial charge in [-0.2, -0.15) is 0 Å². The highest BCUT2D eigenvalue weighted by atomic mass is 16.5. The van der Waals surface area contributed by atoms with Gasteiger partial charge in [-0.05, 0) is 83.8 Å². The van der Waals surface area contributed by atoms with Crippen LogP contribution in [0, 0.1) is 12.8 Å². The molecule has 1 N–H and O–H groups in total. The van der Waals surface area contributed by atoms with Gasteiger partial charge in [-0.15, -0.1) is 0 Å². The molecule has 0 aromatic heterocycles. The predicted molar refractivity (Wildman–Crippen MR) is 143 cm³/mol. The van der Waals surface area contributed by atoms with E-state index in [9.17, 15) is 4.79 Å². The van der Waals surface area contributed by atoms with Crippen LogP contribution >= 0.6 is 0 Å². The second-order valence-electron chi connectivity index (χ2n) is 9.82. The lowest BCUT2D eigenvalue weighted by atomic mass is 9.73. The average Bonchev–Trinajstić information content (AvgIpc) is 2.90. The molecule has 3 heteroatoms. The molecule has 0 amide bonds. The molecule has 4 aromatic carbocycles. The lowest BCUT2D eigenvalue weighted by Gasteiger charge is -2.33. The summed E-state index contributed by atoms with van der Waals surface area (Å²) in [5.41, 5.74) is 7.08. The number of esters is 1. The van der Waals surface area contributed by atoms with Crippen molar-refractivity contribution < 1.29 is 9.53 Å². The Balaban J connectivity index is 1.37. The van der Waals surface area contributed by atoms with Gasteiger partial charge in [0.2, 0.25) is 0 Å². The van der Waals surface area contributed by atoms with Crippen molar-refractivity contribution >= 4 is 16.7 Å². The fourth-order valence-corrected chi connectivity index (χ4v) is 5.71. The summed E-state index contributed by atoms with van der Waals surface area (Å²) in [6.45, 7) is 5.23. The highest BCUT2D eigenvalue weighted by Crippen LogP contribution is 2.40. The van der Waals surface area contributed by atoms with Crippen LogP contribution < -0.4 is 5.32 Å². The zero-order valence-electron chi connectivity index (χ0n) is 20.8. The maximum atomic E-state index is 12.1. The van der Waals surface area contributed by atoms with Crippen LogP contribution in [0.15, 0.2) is 84.9 Å². The van der Waals surface area contributed by atoms with Crippen LogP contribution in [0.1, 0.15) is 63.5 Å². The largest absolute Gasteiger partial charge is 0.465 e. The molecule has 4 aromatic rings. The van der Waals surface area contributed by atoms with Gasteiger partial charge in [-0.25, -0.2) is 4.79 Å². The summed E-state index contributed by atoms with van der Waals surface area (Å²) in [7, 11) is 1.43. The lowest BCUT2D eigenvalue weighted by Crippen LogP contribution is -2.31. The first-order valence-corrected chi connectivity index (χ1v) is 12.5. The van der Waals surface area contributed by atoms with E-state index in [2.05, 4.69) is 91.1 Å². The first-order valence-electron chi connectivity index (χ1n) is 12.5. The number of fused-ring (bicyclic) bond motifs is 2. The number of ether oxygens (including phenoxy) is 1. The van der Waals surface area contributed by atoms with Crippen molar-refractivity contribution in [1.29, 1.82) is 0 Å². The molecular formula is C32H33NO2. The Morgan fingerprint density at radius 2 is 1.77 bits per heavy atom. The molecule has 0 spiro atoms. The second-order valence-corrected chi connectivity index (χ2v) is 9.82. The van der Waals surface area contributed by atoms with Gasteiger partial charge in [0.05, 0.1) is 12.7 Å². The normalized spacial score (nSPS) is 18.1. The van der Waals surface area contributed by atoms with Gasteiger partial charge in [0.15, 0.2) is 0 Å². The number of methoxy groups -OCH3 is 1. The molecule has 0 fully saturated rings. The van der Waals surface area contributed by atoms with E-state index in [1.54, 1.807) is 0 Å². The van der Waals surface area contributed by atoms with Crippen LogP contribution in [-0.4, -0.2) is 19.6 Å². The molecule has 2 unspecified atom stereocenters. The third kappa shape index (κ3) is 4.74. The van der Waals surface area contributed by atoms with Gasteiger partial charge in [0, 0.05) is 12.0 Å². The third-order valence-corrected chi connectivity index (χ3v) is 7.57. The van der Waals surface area contributed by atoms with Crippen molar-refractivity contribution in [2.45, 2.75) is 38.6 Å². The molecule has 35 heavy (non-hydrogen) atoms. The minimum Gasteiger partial charge on any atom is -0.465 e. The zero-order chi connectivity index (χ0) is 24.4. The molecule has 1 aliphatic carbocycles. The Kier molecular flexibility index (Phi) is 6.70. The van der Waals surface area contributed by atoms with Gasteiger partial charge in [-0.1, -0.05) is 78.9 Å². The van der Waals surface area contributed by atoms with Gasteiger partial charge in [0.25, 0.3) is 0 Å². The molecule has 0 saturated heterocycles. The number of benzene rings is 4. The highest BCUT2D eigenvalue weighted by Gasteiger charge is 2.28. The van der Waals surface area contributed by atoms with E-state index >= 15 is 0 Å². The molecular weight excluding hydrogens is 430 g/mol. The van der Waals surface area contributed by atoms with Crippen LogP contribution in [0.3, 0.4) is 0 Å². The van der Waals surface area contributed by atoms with E-state index in [-0.39, 0.29) is 12.0 Å². The molecule has 3 nitrogen and oxygen atoms in total. The lowest BCUT2D eigenvalue weighted by molar-refractivity contribution is 0.0600. The second kappa shape index (κ2) is 10.1. The molecule has 1 aliphatic rings. The van der Waals surface area contributed by atoms with Crippen LogP contribution in [0.2, 0.25) is 0 Å². The average molecular weight is 464 g/mol. The summed E-state index contributed by atoms with van der Waals surface area (Å²) in [5.74, 6) is 0.584. The van der Waals surface area contributed by atoms with E-state index in [0.717, 1.165) is 24.9 Å². The van der Waals surface area contributed by atoms with E-state index < -0.39 is 0 Å². The van der Waals surface area contributed by atoms with Gasteiger partial charge in [0.1, 0.15) is 0 Å². The van der Waals surface area contributed by atoms with Crippen LogP contribution in [0.25, 0.3) is 10.8 Å². The predicted octanol–water partition coefficient (Wildman–Crippen LogP) is 6.98. The monoisotopic (exact) mass is 463 g/mol. The van der Waals surface area contributed by atoms with Crippen LogP contribution in [0.5, 0.6) is 0 Å². The fourth-order valence-electron chi connectivity index (χ4n) is 5.71. The molecule has 0 bridgehead atoms. The van der Waals surface area contributed by atoms with Crippen molar-refractivity contribution in [2.75, 3.05) is 13.7 Å². The highest BCUT2D eigenvalue weighted by molar-refractivity contribution is 5.91. The van der Waals surface area contributed by atoms with Crippen molar-refractivity contribution in [3.8, 4) is 0 Å². The summed E-state index contributed by atoms with van der Waals surface area (Å²) in [6, 6.07) is 30.5. The number of aryl methyl sites for hydroxylation is 1. The van der Waals surface area contributed by atoms with Crippen molar-refractivity contribution in [2.24, 2.45) is 5.92 Å². The first-order chi connectivity index (χ1) is 17.0. The fraction of sp³-hybridized carbons (Fsp3) is 0.281. The number of hydrogen-bond acceptors (Lipinski definition) is 3. The van der Waals surface area contributed by atoms with E-state index in [1.165, 1.54) is 40.1 Å². The smallest absolute Gasteiger partial charge is 0.338 e. The Morgan fingerprint density at radius 1 is 1.00 bits per heavy atom. The van der Waals surface area contributed by atoms with Crippen molar-refractivity contribution in [3.63, 3.8) is 0 Å². The van der Waals surface area contributed by atoms with E-state index in [4.69, 9.17) is 4.74 Å². The van der Waals surface area contributed by atoms with E-state index in [1.807, 2.05) is 13.0 Å². The number of nitrogens with one attached hydrogen (secondary N) is 1. The summed E-state index contributed by atoms with van der Waals surface area (Å²) in [4.78, 5) is 12.1. The van der Waals surface area contributed by atoms with Crippen LogP contribution in [-0.2, 0) is 11.2 Å². The summed E-state index contributed by atoms with van der Waals surface area (Å²) in [5, 5.41) is 6.46. The number of rotatable bonds is 6. The molecule has 0 heterocycles. The number of carbonyl (C=O) groups is 1. The topological polar surface area (TPSA) is 38.3 Å². The first kappa shape index (κ1) is 23.3. The quantitative estimate of drug-likeness (QED) is 0.314. The number of hydrogen-bond donors (Lipinski definition) is 1. The van der Waals surface area contributed by atoms with Crippen molar-refractivity contribution in [1.82, 2.24) is 5.32 Å². The molecule has 178 valence electrons. The standard InChI is InChI=1S/C32H33NO2/c1-21-17-26(15-16-27(21)32(34)35-3)31-19-23(18-25-10-5-7-13-30(25)31)20-33-22(2)28-14-8-11-24-9-4-6-12-29(24)28/h4-17,22-23,31,33H,18-20H2,1-3H3/t22-,23?,31?/m1/s1.